The van der Waals surface area contributed by atoms with Crippen LogP contribution < -0.4 is 0 Å². The molecule has 2 aliphatic heterocycles. The fraction of sp³-hybridized carbons (Fsp3) is 0.476. The lowest BCUT2D eigenvalue weighted by Crippen LogP contribution is -2.55. The van der Waals surface area contributed by atoms with E-state index in [0.717, 1.165) is 45.0 Å². The summed E-state index contributed by atoms with van der Waals surface area (Å²) in [6, 6.07) is 13.8. The van der Waals surface area contributed by atoms with E-state index in [1.807, 2.05) is 30.3 Å². The van der Waals surface area contributed by atoms with Gasteiger partial charge in [-0.3, -0.25) is 14.6 Å². The minimum absolute atomic E-state index is 0.0414. The highest BCUT2D eigenvalue weighted by molar-refractivity contribution is 7.10. The van der Waals surface area contributed by atoms with Gasteiger partial charge < -0.3 is 9.47 Å². The number of carbonyl (C=O) groups is 1. The molecule has 2 atom stereocenters. The highest BCUT2D eigenvalue weighted by atomic mass is 32.1. The zero-order valence-corrected chi connectivity index (χ0v) is 16.3. The van der Waals surface area contributed by atoms with Crippen LogP contribution in [0.4, 0.5) is 0 Å². The van der Waals surface area contributed by atoms with E-state index >= 15 is 0 Å². The third kappa shape index (κ3) is 4.31. The average Bonchev–Trinajstić information content (AvgIpc) is 3.28. The molecule has 2 fully saturated rings. The van der Waals surface area contributed by atoms with Crippen LogP contribution in [-0.2, 0) is 9.47 Å². The van der Waals surface area contributed by atoms with Gasteiger partial charge in [0.1, 0.15) is 0 Å². The summed E-state index contributed by atoms with van der Waals surface area (Å²) >= 11 is 1.74. The van der Waals surface area contributed by atoms with E-state index in [1.165, 1.54) is 4.88 Å². The number of rotatable bonds is 6. The Morgan fingerprint density at radius 1 is 0.852 bits per heavy atom. The predicted molar refractivity (Wildman–Crippen MR) is 106 cm³/mol. The molecule has 144 valence electrons. The number of thiophene rings is 1. The summed E-state index contributed by atoms with van der Waals surface area (Å²) in [6.07, 6.45) is 0. The summed E-state index contributed by atoms with van der Waals surface area (Å²) < 4.78 is 11.1. The fourth-order valence-electron chi connectivity index (χ4n) is 3.99. The van der Waals surface area contributed by atoms with E-state index in [1.54, 1.807) is 11.3 Å². The SMILES string of the molecule is O=C(c1ccccc1)[C@H]([C@@H](c1cccs1)N1CCOCC1)N1CCOCC1. The summed E-state index contributed by atoms with van der Waals surface area (Å²) in [6.45, 7) is 6.08. The fourth-order valence-corrected chi connectivity index (χ4v) is 4.88. The highest BCUT2D eigenvalue weighted by Gasteiger charge is 2.40. The molecule has 0 N–H and O–H groups in total. The van der Waals surface area contributed by atoms with Crippen molar-refractivity contribution in [2.24, 2.45) is 0 Å². The molecule has 1 aromatic carbocycles. The van der Waals surface area contributed by atoms with Crippen LogP contribution in [-0.4, -0.2) is 74.2 Å². The molecule has 27 heavy (non-hydrogen) atoms. The maximum atomic E-state index is 13.7. The lowest BCUT2D eigenvalue weighted by Gasteiger charge is -2.43. The van der Waals surface area contributed by atoms with E-state index in [9.17, 15) is 4.79 Å². The first kappa shape index (κ1) is 18.8. The Labute approximate surface area is 164 Å². The molecule has 0 aliphatic carbocycles. The van der Waals surface area contributed by atoms with Gasteiger partial charge >= 0.3 is 0 Å². The number of Topliss-reactive ketones (excluding diaryl/α,β-unsaturated/α-hetero) is 1. The number of nitrogens with zero attached hydrogens (tertiary/aromatic N) is 2. The Balaban J connectivity index is 1.72. The van der Waals surface area contributed by atoms with Gasteiger partial charge in [-0.05, 0) is 11.4 Å². The molecule has 0 radical (unpaired) electrons. The van der Waals surface area contributed by atoms with Gasteiger partial charge in [0, 0.05) is 36.6 Å². The monoisotopic (exact) mass is 386 g/mol. The van der Waals surface area contributed by atoms with Crippen LogP contribution in [0.1, 0.15) is 21.3 Å². The minimum Gasteiger partial charge on any atom is -0.379 e. The van der Waals surface area contributed by atoms with E-state index in [0.29, 0.717) is 13.2 Å². The topological polar surface area (TPSA) is 42.0 Å². The molecule has 1 aromatic heterocycles. The van der Waals surface area contributed by atoms with Gasteiger partial charge in [0.15, 0.2) is 5.78 Å². The van der Waals surface area contributed by atoms with Crippen molar-refractivity contribution in [3.8, 4) is 0 Å². The van der Waals surface area contributed by atoms with Gasteiger partial charge in [-0.1, -0.05) is 36.4 Å². The van der Waals surface area contributed by atoms with Crippen molar-refractivity contribution in [1.82, 2.24) is 9.80 Å². The summed E-state index contributed by atoms with van der Waals surface area (Å²) in [4.78, 5) is 19.7. The molecule has 0 unspecified atom stereocenters. The summed E-state index contributed by atoms with van der Waals surface area (Å²) in [5.41, 5.74) is 0.781. The molecule has 4 rings (SSSR count). The molecule has 2 saturated heterocycles. The minimum atomic E-state index is -0.215. The maximum Gasteiger partial charge on any atom is 0.181 e. The average molecular weight is 387 g/mol. The molecule has 0 spiro atoms. The number of hydrogen-bond donors (Lipinski definition) is 0. The smallest absolute Gasteiger partial charge is 0.181 e. The Morgan fingerprint density at radius 3 is 2.07 bits per heavy atom. The van der Waals surface area contributed by atoms with Crippen molar-refractivity contribution in [3.05, 3.63) is 58.3 Å². The second-order valence-electron chi connectivity index (χ2n) is 6.93. The van der Waals surface area contributed by atoms with Crippen LogP contribution in [0.5, 0.6) is 0 Å². The van der Waals surface area contributed by atoms with Crippen molar-refractivity contribution in [3.63, 3.8) is 0 Å². The number of ketones is 1. The van der Waals surface area contributed by atoms with Gasteiger partial charge in [-0.2, -0.15) is 0 Å². The van der Waals surface area contributed by atoms with E-state index in [2.05, 4.69) is 27.3 Å². The number of hydrogen-bond acceptors (Lipinski definition) is 6. The van der Waals surface area contributed by atoms with Crippen molar-refractivity contribution >= 4 is 17.1 Å². The lowest BCUT2D eigenvalue weighted by molar-refractivity contribution is -0.0294. The van der Waals surface area contributed by atoms with Crippen molar-refractivity contribution in [2.45, 2.75) is 12.1 Å². The normalized spacial score (nSPS) is 21.6. The van der Waals surface area contributed by atoms with Crippen molar-refractivity contribution in [2.75, 3.05) is 52.6 Å². The van der Waals surface area contributed by atoms with Gasteiger partial charge in [-0.25, -0.2) is 0 Å². The standard InChI is InChI=1S/C21H26N2O3S/c24-21(17-5-2-1-3-6-17)20(23-10-14-26-15-11-23)19(18-7-4-16-27-18)22-8-12-25-13-9-22/h1-7,16,19-20H,8-15H2/t19-,20+/m1/s1. The van der Waals surface area contributed by atoms with Crippen LogP contribution in [0.15, 0.2) is 47.8 Å². The van der Waals surface area contributed by atoms with Gasteiger partial charge in [0.2, 0.25) is 0 Å². The predicted octanol–water partition coefficient (Wildman–Crippen LogP) is 2.71. The second-order valence-corrected chi connectivity index (χ2v) is 7.91. The van der Waals surface area contributed by atoms with Crippen LogP contribution in [0.25, 0.3) is 0 Å². The number of morpholine rings is 2. The van der Waals surface area contributed by atoms with Gasteiger partial charge in [-0.15, -0.1) is 11.3 Å². The Kier molecular flexibility index (Phi) is 6.32. The molecular formula is C21H26N2O3S. The molecule has 3 heterocycles. The molecule has 2 aliphatic rings. The van der Waals surface area contributed by atoms with E-state index in [-0.39, 0.29) is 17.9 Å². The quantitative estimate of drug-likeness (QED) is 0.714. The first-order valence-corrected chi connectivity index (χ1v) is 10.5. The first-order chi connectivity index (χ1) is 13.3. The Hall–Kier alpha value is -1.57. The molecular weight excluding hydrogens is 360 g/mol. The summed E-state index contributed by atoms with van der Waals surface area (Å²) in [7, 11) is 0. The molecule has 6 heteroatoms. The van der Waals surface area contributed by atoms with Gasteiger partial charge in [0.05, 0.1) is 38.5 Å². The first-order valence-electron chi connectivity index (χ1n) is 9.61. The lowest BCUT2D eigenvalue weighted by atomic mass is 9.93. The zero-order valence-electron chi connectivity index (χ0n) is 15.5. The molecule has 0 amide bonds. The largest absolute Gasteiger partial charge is 0.379 e. The maximum absolute atomic E-state index is 13.7. The molecule has 0 bridgehead atoms. The third-order valence-electron chi connectivity index (χ3n) is 5.34. The molecule has 2 aromatic rings. The number of benzene rings is 1. The van der Waals surface area contributed by atoms with Crippen LogP contribution >= 0.6 is 11.3 Å². The summed E-state index contributed by atoms with van der Waals surface area (Å²) in [5, 5.41) is 2.10. The molecule has 5 nitrogen and oxygen atoms in total. The van der Waals surface area contributed by atoms with E-state index in [4.69, 9.17) is 9.47 Å². The van der Waals surface area contributed by atoms with Crippen LogP contribution in [0.3, 0.4) is 0 Å². The third-order valence-corrected chi connectivity index (χ3v) is 6.28. The second kappa shape index (κ2) is 9.08. The van der Waals surface area contributed by atoms with Crippen LogP contribution in [0, 0.1) is 0 Å². The van der Waals surface area contributed by atoms with E-state index < -0.39 is 0 Å². The zero-order chi connectivity index (χ0) is 18.5. The van der Waals surface area contributed by atoms with Crippen molar-refractivity contribution < 1.29 is 14.3 Å². The Bertz CT molecular complexity index is 710. The Morgan fingerprint density at radius 2 is 1.48 bits per heavy atom. The highest BCUT2D eigenvalue weighted by Crippen LogP contribution is 2.34. The summed E-state index contributed by atoms with van der Waals surface area (Å²) in [5.74, 6) is 0.197. The number of carbonyl (C=O) groups excluding carboxylic acids is 1. The molecule has 0 saturated carbocycles. The number of ether oxygens (including phenoxy) is 2. The van der Waals surface area contributed by atoms with Crippen LogP contribution in [0.2, 0.25) is 0 Å². The van der Waals surface area contributed by atoms with Crippen molar-refractivity contribution in [1.29, 1.82) is 0 Å². The van der Waals surface area contributed by atoms with Gasteiger partial charge in [0.25, 0.3) is 0 Å².